The fraction of sp³-hybridized carbons (Fsp3) is 0.111. The summed E-state index contributed by atoms with van der Waals surface area (Å²) in [6, 6.07) is 10.9. The van der Waals surface area contributed by atoms with Crippen LogP contribution in [0.3, 0.4) is 0 Å². The van der Waals surface area contributed by atoms with E-state index in [1.807, 2.05) is 0 Å². The minimum Gasteiger partial charge on any atom is -0.497 e. The van der Waals surface area contributed by atoms with Gasteiger partial charge in [-0.2, -0.15) is 5.10 Å². The summed E-state index contributed by atoms with van der Waals surface area (Å²) in [6.45, 7) is -0.558. The van der Waals surface area contributed by atoms with E-state index in [4.69, 9.17) is 26.2 Å². The molecule has 0 aliphatic rings. The SMILES string of the molecule is COc1cccc(NC(=O)C(=O)N/N=C\c2cc(Cl)ccc2OCC(=O)O)c1. The highest BCUT2D eigenvalue weighted by Gasteiger charge is 2.13. The molecule has 146 valence electrons. The van der Waals surface area contributed by atoms with Gasteiger partial charge in [0, 0.05) is 22.3 Å². The summed E-state index contributed by atoms with van der Waals surface area (Å²) in [6.07, 6.45) is 1.18. The largest absolute Gasteiger partial charge is 0.497 e. The van der Waals surface area contributed by atoms with Crippen LogP contribution in [0.2, 0.25) is 5.02 Å². The lowest BCUT2D eigenvalue weighted by molar-refractivity contribution is -0.139. The molecule has 0 saturated carbocycles. The summed E-state index contributed by atoms with van der Waals surface area (Å²) in [5, 5.41) is 15.1. The maximum absolute atomic E-state index is 11.9. The molecule has 0 aliphatic carbocycles. The standard InChI is InChI=1S/C18H16ClN3O6/c1-27-14-4-2-3-13(8-14)21-17(25)18(26)22-20-9-11-7-12(19)5-6-15(11)28-10-16(23)24/h2-9H,10H2,1H3,(H,21,25)(H,22,26)(H,23,24)/b20-9-. The lowest BCUT2D eigenvalue weighted by Gasteiger charge is -2.07. The Hall–Kier alpha value is -3.59. The van der Waals surface area contributed by atoms with Crippen molar-refractivity contribution in [3.8, 4) is 11.5 Å². The van der Waals surface area contributed by atoms with E-state index in [0.717, 1.165) is 0 Å². The van der Waals surface area contributed by atoms with E-state index in [1.165, 1.54) is 31.5 Å². The number of rotatable bonds is 7. The second-order valence-corrected chi connectivity index (χ2v) is 5.69. The van der Waals surface area contributed by atoms with Crippen LogP contribution >= 0.6 is 11.6 Å². The number of carboxylic acid groups (broad SMARTS) is 1. The maximum atomic E-state index is 11.9. The Bertz CT molecular complexity index is 916. The van der Waals surface area contributed by atoms with Crippen molar-refractivity contribution in [2.75, 3.05) is 19.0 Å². The summed E-state index contributed by atoms with van der Waals surface area (Å²) < 4.78 is 10.1. The third-order valence-corrected chi connectivity index (χ3v) is 3.46. The molecule has 2 aromatic carbocycles. The van der Waals surface area contributed by atoms with Gasteiger partial charge in [-0.3, -0.25) is 9.59 Å². The Labute approximate surface area is 164 Å². The van der Waals surface area contributed by atoms with Crippen LogP contribution in [-0.4, -0.2) is 42.8 Å². The Morgan fingerprint density at radius 2 is 1.96 bits per heavy atom. The van der Waals surface area contributed by atoms with Gasteiger partial charge in [0.2, 0.25) is 0 Å². The van der Waals surface area contributed by atoms with Gasteiger partial charge < -0.3 is 19.9 Å². The monoisotopic (exact) mass is 405 g/mol. The Morgan fingerprint density at radius 1 is 1.18 bits per heavy atom. The van der Waals surface area contributed by atoms with E-state index in [1.54, 1.807) is 24.3 Å². The number of hydrazone groups is 1. The second-order valence-electron chi connectivity index (χ2n) is 5.25. The van der Waals surface area contributed by atoms with Crippen LogP contribution in [0.4, 0.5) is 5.69 Å². The van der Waals surface area contributed by atoms with Crippen LogP contribution in [0.1, 0.15) is 5.56 Å². The third kappa shape index (κ3) is 6.29. The number of nitrogens with one attached hydrogen (secondary N) is 2. The van der Waals surface area contributed by atoms with Gasteiger partial charge in [0.15, 0.2) is 6.61 Å². The molecule has 28 heavy (non-hydrogen) atoms. The summed E-state index contributed by atoms with van der Waals surface area (Å²) in [5.74, 6) is -2.37. The van der Waals surface area contributed by atoms with Gasteiger partial charge in [-0.05, 0) is 30.3 Å². The van der Waals surface area contributed by atoms with Crippen molar-refractivity contribution < 1.29 is 29.0 Å². The van der Waals surface area contributed by atoms with Crippen molar-refractivity contribution in [1.82, 2.24) is 5.43 Å². The van der Waals surface area contributed by atoms with Gasteiger partial charge in [-0.15, -0.1) is 0 Å². The number of carboxylic acids is 1. The molecule has 2 rings (SSSR count). The van der Waals surface area contributed by atoms with Gasteiger partial charge in [-0.1, -0.05) is 17.7 Å². The molecule has 0 spiro atoms. The van der Waals surface area contributed by atoms with E-state index in [0.29, 0.717) is 22.0 Å². The molecule has 3 N–H and O–H groups in total. The van der Waals surface area contributed by atoms with Crippen LogP contribution in [0.25, 0.3) is 0 Å². The molecule has 0 aromatic heterocycles. The van der Waals surface area contributed by atoms with Gasteiger partial charge in [0.1, 0.15) is 11.5 Å². The number of methoxy groups -OCH3 is 1. The van der Waals surface area contributed by atoms with Gasteiger partial charge in [0.05, 0.1) is 13.3 Å². The fourth-order valence-corrected chi connectivity index (χ4v) is 2.17. The van der Waals surface area contributed by atoms with Crippen molar-refractivity contribution in [1.29, 1.82) is 0 Å². The number of amides is 2. The lowest BCUT2D eigenvalue weighted by Crippen LogP contribution is -2.32. The minimum atomic E-state index is -1.15. The zero-order valence-corrected chi connectivity index (χ0v) is 15.4. The van der Waals surface area contributed by atoms with Crippen molar-refractivity contribution in [2.24, 2.45) is 5.10 Å². The van der Waals surface area contributed by atoms with Crippen molar-refractivity contribution in [3.63, 3.8) is 0 Å². The van der Waals surface area contributed by atoms with Crippen LogP contribution in [0.15, 0.2) is 47.6 Å². The molecular weight excluding hydrogens is 390 g/mol. The van der Waals surface area contributed by atoms with Gasteiger partial charge >= 0.3 is 17.8 Å². The lowest BCUT2D eigenvalue weighted by atomic mass is 10.2. The first kappa shape index (κ1) is 20.7. The average Bonchev–Trinajstić information content (AvgIpc) is 2.67. The number of nitrogens with zero attached hydrogens (tertiary/aromatic N) is 1. The molecule has 0 fully saturated rings. The zero-order chi connectivity index (χ0) is 20.5. The number of aliphatic carboxylic acids is 1. The minimum absolute atomic E-state index is 0.200. The number of benzene rings is 2. The second kappa shape index (κ2) is 9.93. The highest BCUT2D eigenvalue weighted by molar-refractivity contribution is 6.39. The predicted octanol–water partition coefficient (Wildman–Crippen LogP) is 1.90. The number of hydrogen-bond acceptors (Lipinski definition) is 6. The highest BCUT2D eigenvalue weighted by atomic mass is 35.5. The number of carbonyl (C=O) groups is 3. The van der Waals surface area contributed by atoms with Crippen molar-refractivity contribution >= 4 is 41.3 Å². The number of ether oxygens (including phenoxy) is 2. The first-order valence-electron chi connectivity index (χ1n) is 7.81. The van der Waals surface area contributed by atoms with E-state index in [-0.39, 0.29) is 5.75 Å². The molecule has 0 aliphatic heterocycles. The number of hydrogen-bond donors (Lipinski definition) is 3. The molecule has 9 nitrogen and oxygen atoms in total. The van der Waals surface area contributed by atoms with Crippen molar-refractivity contribution in [2.45, 2.75) is 0 Å². The predicted molar refractivity (Wildman–Crippen MR) is 102 cm³/mol. The Kier molecular flexibility index (Phi) is 7.35. The zero-order valence-electron chi connectivity index (χ0n) is 14.6. The molecule has 2 aromatic rings. The molecule has 0 radical (unpaired) electrons. The summed E-state index contributed by atoms with van der Waals surface area (Å²) in [7, 11) is 1.48. The molecule has 10 heteroatoms. The number of carbonyl (C=O) groups excluding carboxylic acids is 2. The number of anilines is 1. The van der Waals surface area contributed by atoms with Crippen LogP contribution in [0, 0.1) is 0 Å². The van der Waals surface area contributed by atoms with Gasteiger partial charge in [-0.25, -0.2) is 10.2 Å². The van der Waals surface area contributed by atoms with Gasteiger partial charge in [0.25, 0.3) is 0 Å². The van der Waals surface area contributed by atoms with Crippen LogP contribution < -0.4 is 20.2 Å². The van der Waals surface area contributed by atoms with Crippen molar-refractivity contribution in [3.05, 3.63) is 53.1 Å². The molecule has 0 unspecified atom stereocenters. The quantitative estimate of drug-likeness (QED) is 0.367. The van der Waals surface area contributed by atoms with E-state index >= 15 is 0 Å². The van der Waals surface area contributed by atoms with E-state index < -0.39 is 24.4 Å². The average molecular weight is 406 g/mol. The maximum Gasteiger partial charge on any atom is 0.341 e. The van der Waals surface area contributed by atoms with Crippen LogP contribution in [0.5, 0.6) is 11.5 Å². The Balaban J connectivity index is 1.99. The first-order valence-corrected chi connectivity index (χ1v) is 8.19. The van der Waals surface area contributed by atoms with E-state index in [9.17, 15) is 14.4 Å². The smallest absolute Gasteiger partial charge is 0.341 e. The molecule has 2 amide bonds. The fourth-order valence-electron chi connectivity index (χ4n) is 1.99. The molecular formula is C18H16ClN3O6. The first-order chi connectivity index (χ1) is 13.4. The summed E-state index contributed by atoms with van der Waals surface area (Å²) in [4.78, 5) is 34.4. The Morgan fingerprint density at radius 3 is 2.68 bits per heavy atom. The number of halogens is 1. The molecule has 0 bridgehead atoms. The summed E-state index contributed by atoms with van der Waals surface area (Å²) >= 11 is 5.89. The molecule has 0 heterocycles. The molecule has 0 atom stereocenters. The topological polar surface area (TPSA) is 126 Å². The highest BCUT2D eigenvalue weighted by Crippen LogP contribution is 2.21. The summed E-state index contributed by atoms with van der Waals surface area (Å²) in [5.41, 5.74) is 2.76. The van der Waals surface area contributed by atoms with Crippen LogP contribution in [-0.2, 0) is 14.4 Å². The van der Waals surface area contributed by atoms with E-state index in [2.05, 4.69) is 15.8 Å². The molecule has 0 saturated heterocycles. The third-order valence-electron chi connectivity index (χ3n) is 3.23. The normalized spacial score (nSPS) is 10.4.